The number of fused-ring (bicyclic) bond motifs is 3. The number of ether oxygens (including phenoxy) is 1. The second-order valence-corrected chi connectivity index (χ2v) is 7.83. The summed E-state index contributed by atoms with van der Waals surface area (Å²) in [6, 6.07) is 16.7. The third-order valence-electron chi connectivity index (χ3n) is 6.29. The molecule has 1 N–H and O–H groups in total. The van der Waals surface area contributed by atoms with Gasteiger partial charge >= 0.3 is 6.09 Å². The Balaban J connectivity index is 1.36. The Labute approximate surface area is 153 Å². The van der Waals surface area contributed by atoms with Crippen LogP contribution in [0, 0.1) is 0 Å². The molecule has 2 aromatic carbocycles. The zero-order valence-electron chi connectivity index (χ0n) is 14.7. The summed E-state index contributed by atoms with van der Waals surface area (Å²) in [7, 11) is 0. The van der Waals surface area contributed by atoms with E-state index in [0.717, 1.165) is 25.7 Å². The molecule has 1 aliphatic heterocycles. The highest BCUT2D eigenvalue weighted by atomic mass is 16.6. The van der Waals surface area contributed by atoms with Gasteiger partial charge in [0.1, 0.15) is 6.61 Å². The predicted octanol–water partition coefficient (Wildman–Crippen LogP) is 3.92. The molecule has 4 nitrogen and oxygen atoms in total. The van der Waals surface area contributed by atoms with Crippen molar-refractivity contribution in [2.24, 2.45) is 0 Å². The Morgan fingerprint density at radius 1 is 1.04 bits per heavy atom. The molecule has 0 aromatic heterocycles. The molecule has 1 saturated carbocycles. The van der Waals surface area contributed by atoms with E-state index < -0.39 is 6.10 Å². The van der Waals surface area contributed by atoms with E-state index in [9.17, 15) is 9.90 Å². The molecule has 3 aliphatic rings. The summed E-state index contributed by atoms with van der Waals surface area (Å²) >= 11 is 0. The number of carbonyl (C=O) groups is 1. The zero-order valence-corrected chi connectivity index (χ0v) is 14.7. The fraction of sp³-hybridized carbons (Fsp3) is 0.409. The van der Waals surface area contributed by atoms with Gasteiger partial charge in [0, 0.05) is 11.5 Å². The smallest absolute Gasteiger partial charge is 0.410 e. The molecule has 1 atom stereocenters. The molecule has 1 saturated heterocycles. The van der Waals surface area contributed by atoms with Gasteiger partial charge in [-0.05, 0) is 47.9 Å². The quantitative estimate of drug-likeness (QED) is 0.894. The van der Waals surface area contributed by atoms with Crippen molar-refractivity contribution in [2.75, 3.05) is 13.2 Å². The van der Waals surface area contributed by atoms with Gasteiger partial charge in [0.25, 0.3) is 0 Å². The van der Waals surface area contributed by atoms with Crippen molar-refractivity contribution < 1.29 is 14.6 Å². The minimum absolute atomic E-state index is 0.0399. The van der Waals surface area contributed by atoms with Gasteiger partial charge in [0.2, 0.25) is 0 Å². The number of hydrogen-bond acceptors (Lipinski definition) is 3. The van der Waals surface area contributed by atoms with Crippen molar-refractivity contribution in [2.45, 2.75) is 43.2 Å². The maximum Gasteiger partial charge on any atom is 0.410 e. The first-order valence-electron chi connectivity index (χ1n) is 9.49. The fourth-order valence-corrected chi connectivity index (χ4v) is 4.67. The first kappa shape index (κ1) is 15.9. The molecule has 1 unspecified atom stereocenters. The van der Waals surface area contributed by atoms with Crippen LogP contribution < -0.4 is 0 Å². The molecule has 2 fully saturated rings. The number of likely N-dealkylation sites (tertiary alicyclic amines) is 1. The summed E-state index contributed by atoms with van der Waals surface area (Å²) in [5, 5.41) is 9.98. The lowest BCUT2D eigenvalue weighted by Gasteiger charge is -2.37. The molecule has 1 spiro atoms. The van der Waals surface area contributed by atoms with Crippen molar-refractivity contribution in [1.82, 2.24) is 4.90 Å². The normalized spacial score (nSPS) is 22.8. The van der Waals surface area contributed by atoms with E-state index in [1.807, 2.05) is 12.1 Å². The number of aliphatic hydroxyl groups excluding tert-OH is 1. The molecule has 0 radical (unpaired) electrons. The van der Waals surface area contributed by atoms with Gasteiger partial charge in [-0.3, -0.25) is 4.90 Å². The number of hydrogen-bond donors (Lipinski definition) is 1. The first-order valence-corrected chi connectivity index (χ1v) is 9.49. The highest BCUT2D eigenvalue weighted by Crippen LogP contribution is 2.49. The molecule has 4 heteroatoms. The second-order valence-electron chi connectivity index (χ2n) is 7.83. The number of amides is 1. The maximum atomic E-state index is 12.8. The van der Waals surface area contributed by atoms with Crippen LogP contribution in [0.2, 0.25) is 0 Å². The van der Waals surface area contributed by atoms with Crippen molar-refractivity contribution in [3.8, 4) is 11.1 Å². The van der Waals surface area contributed by atoms with E-state index in [-0.39, 0.29) is 17.6 Å². The van der Waals surface area contributed by atoms with Crippen molar-refractivity contribution in [1.29, 1.82) is 0 Å². The standard InChI is InChI=1S/C22H23NO3/c24-15-9-10-22(11-12-22)23(13-15)21(25)26-14-20-18-7-3-1-5-16(18)17-6-2-4-8-19(17)20/h1-8,15,20,24H,9-14H2. The Morgan fingerprint density at radius 3 is 2.27 bits per heavy atom. The maximum absolute atomic E-state index is 12.8. The Hall–Kier alpha value is -2.33. The average molecular weight is 349 g/mol. The number of piperidine rings is 1. The van der Waals surface area contributed by atoms with Crippen LogP contribution in [-0.4, -0.2) is 40.9 Å². The minimum Gasteiger partial charge on any atom is -0.448 e. The first-order chi connectivity index (χ1) is 12.7. The number of rotatable bonds is 2. The van der Waals surface area contributed by atoms with Crippen LogP contribution >= 0.6 is 0 Å². The van der Waals surface area contributed by atoms with E-state index in [4.69, 9.17) is 4.74 Å². The average Bonchev–Trinajstić information content (AvgIpc) is 3.37. The highest BCUT2D eigenvalue weighted by Gasteiger charge is 2.53. The van der Waals surface area contributed by atoms with Crippen LogP contribution in [0.25, 0.3) is 11.1 Å². The largest absolute Gasteiger partial charge is 0.448 e. The van der Waals surface area contributed by atoms with Crippen molar-refractivity contribution in [3.05, 3.63) is 59.7 Å². The molecule has 1 amide bonds. The molecular formula is C22H23NO3. The number of β-amino-alcohol motifs (C(OH)–C–C–N with tert-alkyl or cyclic N) is 1. The summed E-state index contributed by atoms with van der Waals surface area (Å²) in [6.07, 6.45) is 3.03. The number of nitrogens with zero attached hydrogens (tertiary/aromatic N) is 1. The molecule has 26 heavy (non-hydrogen) atoms. The topological polar surface area (TPSA) is 49.8 Å². The SMILES string of the molecule is O=C(OCC1c2ccccc2-c2ccccc21)N1CC(O)CCC12CC2. The van der Waals surface area contributed by atoms with Crippen LogP contribution in [0.4, 0.5) is 4.79 Å². The molecule has 0 bridgehead atoms. The van der Waals surface area contributed by atoms with E-state index in [0.29, 0.717) is 13.2 Å². The number of carbonyl (C=O) groups excluding carboxylic acids is 1. The van der Waals surface area contributed by atoms with Crippen LogP contribution in [-0.2, 0) is 4.74 Å². The summed E-state index contributed by atoms with van der Waals surface area (Å²) < 4.78 is 5.78. The molecule has 134 valence electrons. The molecule has 1 heterocycles. The Bertz CT molecular complexity index is 812. The van der Waals surface area contributed by atoms with Gasteiger partial charge < -0.3 is 9.84 Å². The van der Waals surface area contributed by atoms with Crippen molar-refractivity contribution in [3.63, 3.8) is 0 Å². The molecule has 2 aromatic rings. The predicted molar refractivity (Wildman–Crippen MR) is 99.0 cm³/mol. The van der Waals surface area contributed by atoms with Gasteiger partial charge in [-0.25, -0.2) is 4.79 Å². The highest BCUT2D eigenvalue weighted by molar-refractivity contribution is 5.79. The summed E-state index contributed by atoms with van der Waals surface area (Å²) in [5.41, 5.74) is 4.87. The van der Waals surface area contributed by atoms with Crippen LogP contribution in [0.1, 0.15) is 42.7 Å². The van der Waals surface area contributed by atoms with Gasteiger partial charge in [-0.15, -0.1) is 0 Å². The van der Waals surface area contributed by atoms with E-state index in [2.05, 4.69) is 36.4 Å². The molecule has 2 aliphatic carbocycles. The van der Waals surface area contributed by atoms with E-state index >= 15 is 0 Å². The van der Waals surface area contributed by atoms with E-state index in [1.54, 1.807) is 4.90 Å². The van der Waals surface area contributed by atoms with Crippen LogP contribution in [0.15, 0.2) is 48.5 Å². The summed E-state index contributed by atoms with van der Waals surface area (Å²) in [4.78, 5) is 14.6. The van der Waals surface area contributed by atoms with Crippen LogP contribution in [0.3, 0.4) is 0 Å². The molecule has 5 rings (SSSR count). The fourth-order valence-electron chi connectivity index (χ4n) is 4.67. The number of aliphatic hydroxyl groups is 1. The molecular weight excluding hydrogens is 326 g/mol. The third-order valence-corrected chi connectivity index (χ3v) is 6.29. The minimum atomic E-state index is -0.429. The summed E-state index contributed by atoms with van der Waals surface area (Å²) in [6.45, 7) is 0.742. The van der Waals surface area contributed by atoms with Gasteiger partial charge in [-0.2, -0.15) is 0 Å². The lowest BCUT2D eigenvalue weighted by atomic mass is 9.98. The van der Waals surface area contributed by atoms with Gasteiger partial charge in [0.05, 0.1) is 12.6 Å². The number of benzene rings is 2. The van der Waals surface area contributed by atoms with Gasteiger partial charge in [-0.1, -0.05) is 48.5 Å². The second kappa shape index (κ2) is 5.85. The van der Waals surface area contributed by atoms with E-state index in [1.165, 1.54) is 22.3 Å². The van der Waals surface area contributed by atoms with Gasteiger partial charge in [0.15, 0.2) is 0 Å². The lowest BCUT2D eigenvalue weighted by Crippen LogP contribution is -2.50. The Morgan fingerprint density at radius 2 is 1.65 bits per heavy atom. The summed E-state index contributed by atoms with van der Waals surface area (Å²) in [5.74, 6) is 0.0798. The third kappa shape index (κ3) is 2.43. The van der Waals surface area contributed by atoms with Crippen LogP contribution in [0.5, 0.6) is 0 Å². The zero-order chi connectivity index (χ0) is 17.7. The Kier molecular flexibility index (Phi) is 3.57. The monoisotopic (exact) mass is 349 g/mol. The lowest BCUT2D eigenvalue weighted by molar-refractivity contribution is 0.0143. The van der Waals surface area contributed by atoms with Crippen molar-refractivity contribution >= 4 is 6.09 Å².